The molecule has 0 aliphatic rings. The van der Waals surface area contributed by atoms with Crippen LogP contribution in [-0.2, 0) is 0 Å². The zero-order valence-corrected chi connectivity index (χ0v) is 8.78. The van der Waals surface area contributed by atoms with Crippen LogP contribution < -0.4 is 0 Å². The summed E-state index contributed by atoms with van der Waals surface area (Å²) in [6.07, 6.45) is 3.16. The molecule has 74 valence electrons. The summed E-state index contributed by atoms with van der Waals surface area (Å²) in [6.45, 7) is 1.85. The van der Waals surface area contributed by atoms with Crippen molar-refractivity contribution in [3.8, 4) is 6.07 Å². The molecule has 0 spiro atoms. The first kappa shape index (κ1) is 9.74. The standard InChI is InChI=1S/C10H7N3OS/c1-7-6-14-10(13-7)15-9-3-2-4-12-8(9)5-11/h2-4,6H,1H3. The van der Waals surface area contributed by atoms with Crippen LogP contribution in [0.5, 0.6) is 0 Å². The smallest absolute Gasteiger partial charge is 0.260 e. The molecular weight excluding hydrogens is 210 g/mol. The van der Waals surface area contributed by atoms with Gasteiger partial charge in [0, 0.05) is 6.20 Å². The van der Waals surface area contributed by atoms with Gasteiger partial charge < -0.3 is 4.42 Å². The molecule has 0 saturated heterocycles. The predicted molar refractivity (Wildman–Crippen MR) is 54.3 cm³/mol. The fourth-order valence-electron chi connectivity index (χ4n) is 1.03. The van der Waals surface area contributed by atoms with Crippen molar-refractivity contribution in [2.45, 2.75) is 17.0 Å². The average Bonchev–Trinajstić information content (AvgIpc) is 2.65. The summed E-state index contributed by atoms with van der Waals surface area (Å²) in [5.74, 6) is 0. The maximum Gasteiger partial charge on any atom is 0.260 e. The van der Waals surface area contributed by atoms with Gasteiger partial charge in [-0.1, -0.05) is 0 Å². The Morgan fingerprint density at radius 2 is 2.40 bits per heavy atom. The monoisotopic (exact) mass is 217 g/mol. The summed E-state index contributed by atoms with van der Waals surface area (Å²) in [7, 11) is 0. The second-order valence-electron chi connectivity index (χ2n) is 2.82. The van der Waals surface area contributed by atoms with Gasteiger partial charge in [0.2, 0.25) is 0 Å². The molecule has 0 fully saturated rings. The Hall–Kier alpha value is -1.80. The lowest BCUT2D eigenvalue weighted by atomic mass is 10.4. The topological polar surface area (TPSA) is 62.7 Å². The Morgan fingerprint density at radius 3 is 3.07 bits per heavy atom. The molecule has 4 nitrogen and oxygen atoms in total. The van der Waals surface area contributed by atoms with Gasteiger partial charge in [-0.2, -0.15) is 5.26 Å². The van der Waals surface area contributed by atoms with E-state index in [1.807, 2.05) is 19.1 Å². The maximum absolute atomic E-state index is 8.82. The fourth-order valence-corrected chi connectivity index (χ4v) is 1.85. The summed E-state index contributed by atoms with van der Waals surface area (Å²) in [5.41, 5.74) is 1.21. The van der Waals surface area contributed by atoms with E-state index >= 15 is 0 Å². The van der Waals surface area contributed by atoms with Gasteiger partial charge in [-0.05, 0) is 30.8 Å². The van der Waals surface area contributed by atoms with Crippen molar-refractivity contribution in [1.29, 1.82) is 5.26 Å². The Morgan fingerprint density at radius 1 is 1.53 bits per heavy atom. The molecule has 0 unspecified atom stereocenters. The van der Waals surface area contributed by atoms with Gasteiger partial charge in [-0.15, -0.1) is 0 Å². The van der Waals surface area contributed by atoms with Crippen molar-refractivity contribution in [1.82, 2.24) is 9.97 Å². The molecule has 0 saturated carbocycles. The molecule has 0 aliphatic heterocycles. The van der Waals surface area contributed by atoms with E-state index in [0.717, 1.165) is 10.6 Å². The van der Waals surface area contributed by atoms with Crippen LogP contribution in [0.4, 0.5) is 0 Å². The lowest BCUT2D eigenvalue weighted by molar-refractivity contribution is 0.454. The molecule has 2 rings (SSSR count). The molecule has 2 aromatic heterocycles. The third kappa shape index (κ3) is 2.17. The molecule has 0 aliphatic carbocycles. The van der Waals surface area contributed by atoms with Gasteiger partial charge in [-0.25, -0.2) is 9.97 Å². The lowest BCUT2D eigenvalue weighted by Gasteiger charge is -1.97. The van der Waals surface area contributed by atoms with Crippen LogP contribution in [0, 0.1) is 18.3 Å². The van der Waals surface area contributed by atoms with Crippen LogP contribution in [-0.4, -0.2) is 9.97 Å². The Balaban J connectivity index is 2.28. The SMILES string of the molecule is Cc1coc(Sc2cccnc2C#N)n1. The average molecular weight is 217 g/mol. The van der Waals surface area contributed by atoms with E-state index in [9.17, 15) is 0 Å². The van der Waals surface area contributed by atoms with Gasteiger partial charge in [0.05, 0.1) is 10.6 Å². The number of oxazole rings is 1. The van der Waals surface area contributed by atoms with Gasteiger partial charge in [0.25, 0.3) is 5.22 Å². The molecule has 2 heterocycles. The zero-order valence-electron chi connectivity index (χ0n) is 7.97. The third-order valence-electron chi connectivity index (χ3n) is 1.67. The van der Waals surface area contributed by atoms with Crippen molar-refractivity contribution in [2.75, 3.05) is 0 Å². The predicted octanol–water partition coefficient (Wildman–Crippen LogP) is 2.40. The number of aromatic nitrogens is 2. The number of aryl methyl sites for hydroxylation is 1. The van der Waals surface area contributed by atoms with E-state index in [-0.39, 0.29) is 0 Å². The number of hydrogen-bond acceptors (Lipinski definition) is 5. The van der Waals surface area contributed by atoms with Crippen molar-refractivity contribution in [2.24, 2.45) is 0 Å². The Labute approximate surface area is 91.0 Å². The minimum absolute atomic E-state index is 0.387. The molecule has 0 aromatic carbocycles. The zero-order chi connectivity index (χ0) is 10.7. The molecule has 0 N–H and O–H groups in total. The maximum atomic E-state index is 8.82. The van der Waals surface area contributed by atoms with Crippen LogP contribution in [0.2, 0.25) is 0 Å². The molecule has 15 heavy (non-hydrogen) atoms. The molecule has 0 radical (unpaired) electrons. The van der Waals surface area contributed by atoms with Crippen molar-refractivity contribution < 1.29 is 4.42 Å². The third-order valence-corrected chi connectivity index (χ3v) is 2.58. The molecule has 0 amide bonds. The largest absolute Gasteiger partial charge is 0.439 e. The lowest BCUT2D eigenvalue weighted by Crippen LogP contribution is -1.85. The van der Waals surface area contributed by atoms with E-state index in [1.165, 1.54) is 11.8 Å². The molecule has 0 atom stereocenters. The van der Waals surface area contributed by atoms with Crippen LogP contribution in [0.3, 0.4) is 0 Å². The summed E-state index contributed by atoms with van der Waals surface area (Å²) in [6, 6.07) is 5.61. The second kappa shape index (κ2) is 4.15. The quantitative estimate of drug-likeness (QED) is 0.772. The van der Waals surface area contributed by atoms with E-state index in [0.29, 0.717) is 10.9 Å². The highest BCUT2D eigenvalue weighted by Crippen LogP contribution is 2.28. The van der Waals surface area contributed by atoms with Crippen molar-refractivity contribution in [3.63, 3.8) is 0 Å². The first-order valence-corrected chi connectivity index (χ1v) is 5.06. The Kier molecular flexibility index (Phi) is 2.70. The van der Waals surface area contributed by atoms with Crippen LogP contribution in [0.25, 0.3) is 0 Å². The van der Waals surface area contributed by atoms with E-state index in [2.05, 4.69) is 9.97 Å². The first-order valence-electron chi connectivity index (χ1n) is 4.24. The molecule has 2 aromatic rings. The number of nitrogens with zero attached hydrogens (tertiary/aromatic N) is 3. The van der Waals surface area contributed by atoms with Gasteiger partial charge >= 0.3 is 0 Å². The summed E-state index contributed by atoms with van der Waals surface area (Å²) in [5, 5.41) is 9.35. The first-order chi connectivity index (χ1) is 7.29. The van der Waals surface area contributed by atoms with Gasteiger partial charge in [-0.3, -0.25) is 0 Å². The highest BCUT2D eigenvalue weighted by atomic mass is 32.2. The highest BCUT2D eigenvalue weighted by Gasteiger charge is 2.08. The molecular formula is C10H7N3OS. The Bertz CT molecular complexity index is 515. The van der Waals surface area contributed by atoms with E-state index in [4.69, 9.17) is 9.68 Å². The normalized spacial score (nSPS) is 9.87. The molecule has 5 heteroatoms. The highest BCUT2D eigenvalue weighted by molar-refractivity contribution is 7.99. The second-order valence-corrected chi connectivity index (χ2v) is 3.81. The summed E-state index contributed by atoms with van der Waals surface area (Å²) >= 11 is 1.30. The van der Waals surface area contributed by atoms with Crippen molar-refractivity contribution in [3.05, 3.63) is 36.0 Å². The summed E-state index contributed by atoms with van der Waals surface area (Å²) < 4.78 is 5.18. The van der Waals surface area contributed by atoms with Crippen LogP contribution >= 0.6 is 11.8 Å². The number of pyridine rings is 1. The number of nitriles is 1. The fraction of sp³-hybridized carbons (Fsp3) is 0.100. The van der Waals surface area contributed by atoms with Gasteiger partial charge in [0.15, 0.2) is 5.69 Å². The molecule has 0 bridgehead atoms. The number of hydrogen-bond donors (Lipinski definition) is 0. The van der Waals surface area contributed by atoms with Crippen LogP contribution in [0.15, 0.2) is 39.1 Å². The van der Waals surface area contributed by atoms with Crippen LogP contribution in [0.1, 0.15) is 11.4 Å². The van der Waals surface area contributed by atoms with Gasteiger partial charge in [0.1, 0.15) is 12.3 Å². The summed E-state index contributed by atoms with van der Waals surface area (Å²) in [4.78, 5) is 8.84. The van der Waals surface area contributed by atoms with Crippen molar-refractivity contribution >= 4 is 11.8 Å². The van der Waals surface area contributed by atoms with E-state index in [1.54, 1.807) is 18.5 Å². The minimum atomic E-state index is 0.387. The minimum Gasteiger partial charge on any atom is -0.439 e. The number of rotatable bonds is 2. The van der Waals surface area contributed by atoms with E-state index < -0.39 is 0 Å².